The maximum absolute atomic E-state index is 9.51. The Bertz CT molecular complexity index is 273. The topological polar surface area (TPSA) is 35.5 Å². The molecular formula is C10H16N2O. The second-order valence-corrected chi connectivity index (χ2v) is 3.18. The normalized spacial score (nSPS) is 12.6. The number of hydrogen-bond donors (Lipinski definition) is 2. The van der Waals surface area contributed by atoms with Gasteiger partial charge < -0.3 is 10.0 Å². The van der Waals surface area contributed by atoms with Crippen LogP contribution in [0.2, 0.25) is 0 Å². The lowest BCUT2D eigenvalue weighted by Crippen LogP contribution is -2.16. The van der Waals surface area contributed by atoms with E-state index in [1.807, 2.05) is 43.3 Å². The van der Waals surface area contributed by atoms with Gasteiger partial charge in [0.1, 0.15) is 6.23 Å². The van der Waals surface area contributed by atoms with Crippen molar-refractivity contribution in [1.29, 1.82) is 0 Å². The Labute approximate surface area is 79.0 Å². The number of rotatable bonds is 3. The first-order chi connectivity index (χ1) is 6.15. The minimum Gasteiger partial charge on any atom is -0.378 e. The molecule has 1 rings (SSSR count). The number of hydrogen-bond acceptors (Lipinski definition) is 3. The molecule has 0 radical (unpaired) electrons. The molecule has 0 fully saturated rings. The highest BCUT2D eigenvalue weighted by Gasteiger charge is 2.04. The molecule has 72 valence electrons. The molecule has 2 N–H and O–H groups in total. The van der Waals surface area contributed by atoms with Crippen LogP contribution in [-0.4, -0.2) is 26.2 Å². The number of benzene rings is 1. The molecule has 0 aliphatic heterocycles. The molecule has 0 saturated heterocycles. The van der Waals surface area contributed by atoms with Crippen LogP contribution < -0.4 is 10.2 Å². The number of aliphatic hydroxyl groups excluding tert-OH is 1. The standard InChI is InChI=1S/C10H16N2O/c1-11-10(13)8-5-4-6-9(7-8)12(2)3/h4-7,10-11,13H,1-3H3. The van der Waals surface area contributed by atoms with E-state index in [4.69, 9.17) is 0 Å². The number of nitrogens with zero attached hydrogens (tertiary/aromatic N) is 1. The first-order valence-corrected chi connectivity index (χ1v) is 4.27. The molecular weight excluding hydrogens is 164 g/mol. The summed E-state index contributed by atoms with van der Waals surface area (Å²) in [5.74, 6) is 0. The van der Waals surface area contributed by atoms with Crippen LogP contribution in [0.1, 0.15) is 11.8 Å². The zero-order valence-corrected chi connectivity index (χ0v) is 8.28. The Kier molecular flexibility index (Phi) is 3.28. The molecule has 0 aromatic heterocycles. The predicted molar refractivity (Wildman–Crippen MR) is 54.8 cm³/mol. The molecule has 0 heterocycles. The highest BCUT2D eigenvalue weighted by Crippen LogP contribution is 2.17. The third kappa shape index (κ3) is 2.44. The smallest absolute Gasteiger partial charge is 0.130 e. The van der Waals surface area contributed by atoms with Crippen molar-refractivity contribution in [3.63, 3.8) is 0 Å². The minimum absolute atomic E-state index is 0.583. The molecule has 0 spiro atoms. The highest BCUT2D eigenvalue weighted by atomic mass is 16.3. The van der Waals surface area contributed by atoms with E-state index in [2.05, 4.69) is 5.32 Å². The van der Waals surface area contributed by atoms with Gasteiger partial charge in [-0.3, -0.25) is 5.32 Å². The van der Waals surface area contributed by atoms with Gasteiger partial charge in [-0.2, -0.15) is 0 Å². The zero-order valence-electron chi connectivity index (χ0n) is 8.28. The minimum atomic E-state index is -0.583. The maximum Gasteiger partial charge on any atom is 0.130 e. The van der Waals surface area contributed by atoms with Gasteiger partial charge in [0.25, 0.3) is 0 Å². The van der Waals surface area contributed by atoms with Gasteiger partial charge in [0, 0.05) is 19.8 Å². The fourth-order valence-electron chi connectivity index (χ4n) is 1.14. The van der Waals surface area contributed by atoms with Gasteiger partial charge in [0.05, 0.1) is 0 Å². The summed E-state index contributed by atoms with van der Waals surface area (Å²) in [7, 11) is 5.68. The molecule has 3 heteroatoms. The average molecular weight is 180 g/mol. The maximum atomic E-state index is 9.51. The fraction of sp³-hybridized carbons (Fsp3) is 0.400. The Morgan fingerprint density at radius 1 is 1.38 bits per heavy atom. The molecule has 1 aromatic rings. The quantitative estimate of drug-likeness (QED) is 0.680. The van der Waals surface area contributed by atoms with E-state index in [-0.39, 0.29) is 0 Å². The summed E-state index contributed by atoms with van der Waals surface area (Å²) in [6.45, 7) is 0. The Balaban J connectivity index is 2.91. The van der Waals surface area contributed by atoms with Crippen molar-refractivity contribution in [1.82, 2.24) is 5.32 Å². The molecule has 0 saturated carbocycles. The highest BCUT2D eigenvalue weighted by molar-refractivity contribution is 5.47. The van der Waals surface area contributed by atoms with E-state index >= 15 is 0 Å². The summed E-state index contributed by atoms with van der Waals surface area (Å²) >= 11 is 0. The van der Waals surface area contributed by atoms with Gasteiger partial charge in [-0.1, -0.05) is 12.1 Å². The number of nitrogens with one attached hydrogen (secondary N) is 1. The Morgan fingerprint density at radius 3 is 2.62 bits per heavy atom. The number of aliphatic hydroxyl groups is 1. The molecule has 13 heavy (non-hydrogen) atoms. The first-order valence-electron chi connectivity index (χ1n) is 4.27. The van der Waals surface area contributed by atoms with E-state index in [1.165, 1.54) is 0 Å². The second-order valence-electron chi connectivity index (χ2n) is 3.18. The van der Waals surface area contributed by atoms with Gasteiger partial charge in [0.2, 0.25) is 0 Å². The third-order valence-corrected chi connectivity index (χ3v) is 1.98. The Morgan fingerprint density at radius 2 is 2.08 bits per heavy atom. The number of anilines is 1. The van der Waals surface area contributed by atoms with Crippen LogP contribution in [0, 0.1) is 0 Å². The van der Waals surface area contributed by atoms with Gasteiger partial charge in [-0.05, 0) is 24.7 Å². The van der Waals surface area contributed by atoms with Crippen molar-refractivity contribution in [2.24, 2.45) is 0 Å². The van der Waals surface area contributed by atoms with Crippen LogP contribution in [0.4, 0.5) is 5.69 Å². The van der Waals surface area contributed by atoms with Crippen LogP contribution in [0.15, 0.2) is 24.3 Å². The van der Waals surface area contributed by atoms with Crippen molar-refractivity contribution < 1.29 is 5.11 Å². The average Bonchev–Trinajstić information content (AvgIpc) is 2.17. The van der Waals surface area contributed by atoms with Crippen molar-refractivity contribution in [2.45, 2.75) is 6.23 Å². The molecule has 1 atom stereocenters. The lowest BCUT2D eigenvalue weighted by atomic mass is 10.1. The molecule has 3 nitrogen and oxygen atoms in total. The zero-order chi connectivity index (χ0) is 9.84. The third-order valence-electron chi connectivity index (χ3n) is 1.98. The van der Waals surface area contributed by atoms with Crippen LogP contribution in [-0.2, 0) is 0 Å². The largest absolute Gasteiger partial charge is 0.378 e. The fourth-order valence-corrected chi connectivity index (χ4v) is 1.14. The monoisotopic (exact) mass is 180 g/mol. The summed E-state index contributed by atoms with van der Waals surface area (Å²) in [5, 5.41) is 12.3. The van der Waals surface area contributed by atoms with Crippen molar-refractivity contribution in [3.05, 3.63) is 29.8 Å². The summed E-state index contributed by atoms with van der Waals surface area (Å²) < 4.78 is 0. The van der Waals surface area contributed by atoms with Crippen molar-refractivity contribution >= 4 is 5.69 Å². The predicted octanol–water partition coefficient (Wildman–Crippen LogP) is 0.963. The lowest BCUT2D eigenvalue weighted by Gasteiger charge is -2.15. The Hall–Kier alpha value is -1.06. The van der Waals surface area contributed by atoms with Gasteiger partial charge in [-0.15, -0.1) is 0 Å². The first kappa shape index (κ1) is 10.0. The van der Waals surface area contributed by atoms with Crippen LogP contribution in [0.3, 0.4) is 0 Å². The van der Waals surface area contributed by atoms with Gasteiger partial charge in [-0.25, -0.2) is 0 Å². The summed E-state index contributed by atoms with van der Waals surface area (Å²) in [6, 6.07) is 7.80. The molecule has 0 amide bonds. The summed E-state index contributed by atoms with van der Waals surface area (Å²) in [6.07, 6.45) is -0.583. The molecule has 0 bridgehead atoms. The van der Waals surface area contributed by atoms with Gasteiger partial charge >= 0.3 is 0 Å². The van der Waals surface area contributed by atoms with E-state index in [0.717, 1.165) is 11.3 Å². The van der Waals surface area contributed by atoms with E-state index in [0.29, 0.717) is 0 Å². The van der Waals surface area contributed by atoms with E-state index in [1.54, 1.807) is 7.05 Å². The second kappa shape index (κ2) is 4.25. The summed E-state index contributed by atoms with van der Waals surface area (Å²) in [4.78, 5) is 2.01. The lowest BCUT2D eigenvalue weighted by molar-refractivity contribution is 0.149. The van der Waals surface area contributed by atoms with Gasteiger partial charge in [0.15, 0.2) is 0 Å². The van der Waals surface area contributed by atoms with Crippen LogP contribution in [0.25, 0.3) is 0 Å². The molecule has 1 aromatic carbocycles. The van der Waals surface area contributed by atoms with Crippen molar-refractivity contribution in [3.8, 4) is 0 Å². The van der Waals surface area contributed by atoms with Crippen LogP contribution >= 0.6 is 0 Å². The van der Waals surface area contributed by atoms with E-state index < -0.39 is 6.23 Å². The SMILES string of the molecule is CNC(O)c1cccc(N(C)C)c1. The summed E-state index contributed by atoms with van der Waals surface area (Å²) in [5.41, 5.74) is 1.97. The molecule has 0 aliphatic carbocycles. The van der Waals surface area contributed by atoms with Crippen molar-refractivity contribution in [2.75, 3.05) is 26.0 Å². The molecule has 1 unspecified atom stereocenters. The van der Waals surface area contributed by atoms with Crippen LogP contribution in [0.5, 0.6) is 0 Å². The van der Waals surface area contributed by atoms with E-state index in [9.17, 15) is 5.11 Å². The molecule has 0 aliphatic rings.